The highest BCUT2D eigenvalue weighted by molar-refractivity contribution is 5.46. The molecule has 6 rings (SSSR count). The Morgan fingerprint density at radius 3 is 0.898 bits per heavy atom. The molecule has 14 nitrogen and oxygen atoms in total. The van der Waals surface area contributed by atoms with Gasteiger partial charge >= 0.3 is 6.01 Å². The number of hydroxylamine groups is 8. The second-order valence-electron chi connectivity index (χ2n) is 23.4. The summed E-state index contributed by atoms with van der Waals surface area (Å²) in [4.78, 5) is 20.8. The van der Waals surface area contributed by atoms with E-state index in [1.807, 2.05) is 30.3 Å². The fourth-order valence-corrected chi connectivity index (χ4v) is 12.1. The van der Waals surface area contributed by atoms with Crippen molar-refractivity contribution in [3.05, 3.63) is 30.3 Å². The highest BCUT2D eigenvalue weighted by atomic mass is 16.5. The molecule has 14 heteroatoms. The van der Waals surface area contributed by atoms with E-state index in [1.165, 1.54) is 20.3 Å². The van der Waals surface area contributed by atoms with Crippen LogP contribution in [-0.2, 0) is 0 Å². The normalized spacial score (nSPS) is 27.7. The summed E-state index contributed by atoms with van der Waals surface area (Å²) in [7, 11) is 0. The Morgan fingerprint density at radius 1 is 0.424 bits per heavy atom. The van der Waals surface area contributed by atoms with Crippen molar-refractivity contribution in [2.45, 2.75) is 231 Å². The Balaban J connectivity index is 1.61. The number of piperidine rings is 4. The van der Waals surface area contributed by atoms with Gasteiger partial charge in [0.05, 0.1) is 0 Å². The molecule has 0 spiro atoms. The number of rotatable bonds is 8. The van der Waals surface area contributed by atoms with Crippen LogP contribution in [0.4, 0.5) is 11.9 Å². The summed E-state index contributed by atoms with van der Waals surface area (Å²) in [5.74, 6) is 1.59. The van der Waals surface area contributed by atoms with E-state index in [-0.39, 0.29) is 30.2 Å². The monoisotopic (exact) mass is 824 g/mol. The zero-order valence-corrected chi connectivity index (χ0v) is 39.1. The van der Waals surface area contributed by atoms with E-state index in [9.17, 15) is 20.8 Å². The van der Waals surface area contributed by atoms with E-state index in [0.717, 1.165) is 0 Å². The summed E-state index contributed by atoms with van der Waals surface area (Å²) in [5, 5.41) is 52.2. The molecule has 0 amide bonds. The fraction of sp³-hybridized carbons (Fsp3) is 0.800. The molecule has 5 heterocycles. The lowest BCUT2D eigenvalue weighted by Crippen LogP contribution is -2.68. The zero-order chi connectivity index (χ0) is 44.1. The van der Waals surface area contributed by atoms with Crippen LogP contribution in [-0.4, -0.2) is 125 Å². The molecule has 0 bridgehead atoms. The molecular weight excluding hydrogens is 747 g/mol. The van der Waals surface area contributed by atoms with Gasteiger partial charge in [-0.05, 0) is 174 Å². The molecule has 2 aromatic rings. The molecule has 1 aromatic carbocycles. The Kier molecular flexibility index (Phi) is 11.6. The minimum absolute atomic E-state index is 0.0930. The predicted molar refractivity (Wildman–Crippen MR) is 231 cm³/mol. The van der Waals surface area contributed by atoms with Gasteiger partial charge in [0.25, 0.3) is 0 Å². The van der Waals surface area contributed by atoms with E-state index in [4.69, 9.17) is 19.7 Å². The van der Waals surface area contributed by atoms with Gasteiger partial charge in [0.15, 0.2) is 0 Å². The third kappa shape index (κ3) is 8.84. The molecule has 0 saturated carbocycles. The first-order chi connectivity index (χ1) is 26.8. The Morgan fingerprint density at radius 2 is 0.661 bits per heavy atom. The van der Waals surface area contributed by atoms with E-state index >= 15 is 0 Å². The smallest absolute Gasteiger partial charge is 0.328 e. The maximum Gasteiger partial charge on any atom is 0.328 e. The minimum atomic E-state index is -0.566. The van der Waals surface area contributed by atoms with Crippen LogP contribution in [0, 0.1) is 0 Å². The first-order valence-corrected chi connectivity index (χ1v) is 21.8. The summed E-state index contributed by atoms with van der Waals surface area (Å²) in [5.41, 5.74) is -4.53. The van der Waals surface area contributed by atoms with Crippen molar-refractivity contribution >= 4 is 11.9 Å². The highest BCUT2D eigenvalue weighted by Crippen LogP contribution is 2.48. The van der Waals surface area contributed by atoms with Gasteiger partial charge in [0, 0.05) is 68.5 Å². The number of para-hydroxylation sites is 1. The van der Waals surface area contributed by atoms with Crippen LogP contribution in [0.2, 0.25) is 0 Å². The number of nitrogens with zero attached hydrogens (tertiary/aromatic N) is 9. The predicted octanol–water partition coefficient (Wildman–Crippen LogP) is 8.92. The lowest BCUT2D eigenvalue weighted by molar-refractivity contribution is -0.251. The molecule has 0 atom stereocenters. The number of aromatic nitrogens is 3. The van der Waals surface area contributed by atoms with Crippen LogP contribution in [0.1, 0.15) is 162 Å². The number of anilines is 2. The first-order valence-electron chi connectivity index (χ1n) is 21.8. The Hall–Kier alpha value is -2.69. The SMILES string of the molecule is CC1(C)CC(N(c2nc(Oc3ccccc3)nc(N(C3CC(C)(C)N(O)C(C)(C)C3)C3CC(C)(C)N(O)C(C)(C)C3)n2)C2CC(C)(C)N(O)C(C)(C)C2)CC(C)(C)N1O. The van der Waals surface area contributed by atoms with Crippen LogP contribution in [0.5, 0.6) is 11.8 Å². The number of ether oxygens (including phenoxy) is 1. The van der Waals surface area contributed by atoms with Crippen molar-refractivity contribution < 1.29 is 25.6 Å². The summed E-state index contributed by atoms with van der Waals surface area (Å²) >= 11 is 0. The van der Waals surface area contributed by atoms with Crippen LogP contribution in [0.15, 0.2) is 30.3 Å². The van der Waals surface area contributed by atoms with E-state index < -0.39 is 44.3 Å². The number of hydrogen-bond donors (Lipinski definition) is 4. The quantitative estimate of drug-likeness (QED) is 0.201. The van der Waals surface area contributed by atoms with Crippen molar-refractivity contribution in [2.24, 2.45) is 0 Å². The van der Waals surface area contributed by atoms with Crippen molar-refractivity contribution in [3.63, 3.8) is 0 Å². The van der Waals surface area contributed by atoms with Crippen molar-refractivity contribution in [1.82, 2.24) is 35.2 Å². The molecule has 59 heavy (non-hydrogen) atoms. The maximum atomic E-state index is 11.5. The van der Waals surface area contributed by atoms with Gasteiger partial charge in [0.1, 0.15) is 5.75 Å². The summed E-state index contributed by atoms with van der Waals surface area (Å²) in [6, 6.07) is 9.40. The molecule has 4 N–H and O–H groups in total. The Labute approximate surface area is 354 Å². The second kappa shape index (κ2) is 15.0. The average molecular weight is 824 g/mol. The van der Waals surface area contributed by atoms with Crippen LogP contribution >= 0.6 is 0 Å². The molecule has 332 valence electrons. The highest BCUT2D eigenvalue weighted by Gasteiger charge is 2.55. The second-order valence-corrected chi connectivity index (χ2v) is 23.4. The molecule has 4 aliphatic heterocycles. The van der Waals surface area contributed by atoms with Crippen molar-refractivity contribution in [2.75, 3.05) is 9.80 Å². The van der Waals surface area contributed by atoms with Gasteiger partial charge in [-0.15, -0.1) is 0 Å². The topological polar surface area (TPSA) is 148 Å². The van der Waals surface area contributed by atoms with Gasteiger partial charge in [-0.25, -0.2) is 0 Å². The molecule has 4 aliphatic rings. The van der Waals surface area contributed by atoms with Crippen LogP contribution in [0.25, 0.3) is 0 Å². The number of hydrogen-bond acceptors (Lipinski definition) is 14. The van der Waals surface area contributed by atoms with E-state index in [2.05, 4.69) is 121 Å². The van der Waals surface area contributed by atoms with Crippen LogP contribution < -0.4 is 14.5 Å². The fourth-order valence-electron chi connectivity index (χ4n) is 12.1. The van der Waals surface area contributed by atoms with Gasteiger partial charge in [-0.1, -0.05) is 18.2 Å². The summed E-state index contributed by atoms with van der Waals surface area (Å²) in [6.45, 7) is 33.4. The molecule has 0 aliphatic carbocycles. The Bertz CT molecular complexity index is 1550. The van der Waals surface area contributed by atoms with E-state index in [1.54, 1.807) is 0 Å². The molecule has 0 unspecified atom stereocenters. The first kappa shape index (κ1) is 45.8. The third-order valence-electron chi connectivity index (χ3n) is 14.0. The number of benzene rings is 1. The molecule has 0 radical (unpaired) electrons. The van der Waals surface area contributed by atoms with Crippen molar-refractivity contribution in [1.29, 1.82) is 0 Å². The molecule has 4 fully saturated rings. The van der Waals surface area contributed by atoms with Gasteiger partial charge < -0.3 is 35.4 Å². The van der Waals surface area contributed by atoms with Gasteiger partial charge in [-0.2, -0.15) is 35.2 Å². The molecule has 4 saturated heterocycles. The maximum absolute atomic E-state index is 11.5. The molecule has 1 aromatic heterocycles. The minimum Gasteiger partial charge on any atom is -0.424 e. The largest absolute Gasteiger partial charge is 0.424 e. The summed E-state index contributed by atoms with van der Waals surface area (Å²) in [6.07, 6.45) is 5.12. The lowest BCUT2D eigenvalue weighted by Gasteiger charge is -2.58. The van der Waals surface area contributed by atoms with E-state index in [0.29, 0.717) is 69.0 Å². The average Bonchev–Trinajstić information content (AvgIpc) is 3.07. The molecular formula is C45H77N9O5. The van der Waals surface area contributed by atoms with Gasteiger partial charge in [-0.3, -0.25) is 0 Å². The summed E-state index contributed by atoms with van der Waals surface area (Å²) < 4.78 is 6.60. The van der Waals surface area contributed by atoms with Crippen LogP contribution in [0.3, 0.4) is 0 Å². The lowest BCUT2D eigenvalue weighted by atomic mass is 9.74. The van der Waals surface area contributed by atoms with Gasteiger partial charge in [0.2, 0.25) is 11.9 Å². The van der Waals surface area contributed by atoms with Crippen molar-refractivity contribution in [3.8, 4) is 11.8 Å². The third-order valence-corrected chi connectivity index (χ3v) is 14.0. The standard InChI is InChI=1S/C45H77N9O5/c1-38(2)22-30(23-39(3,4)51(38)55)49(31-24-40(5,6)52(56)41(7,8)25-31)35-46-36(48-37(47-35)59-34-20-18-17-19-21-34)50(32-26-42(9,10)53(57)43(11,12)27-32)33-28-44(13,14)54(58)45(15,16)29-33/h17-21,30-33,55-58H,22-29H2,1-16H3. The zero-order valence-electron chi connectivity index (χ0n) is 39.1.